The molecule has 3 aromatic rings. The Balaban J connectivity index is 1.33. The molecule has 3 aromatic carbocycles. The van der Waals surface area contributed by atoms with Gasteiger partial charge in [0.15, 0.2) is 12.9 Å². The Labute approximate surface area is 196 Å². The minimum Gasteiger partial charge on any atom is -0.487 e. The third kappa shape index (κ3) is 6.08. The van der Waals surface area contributed by atoms with Crippen molar-refractivity contribution in [3.8, 4) is 11.5 Å². The zero-order valence-corrected chi connectivity index (χ0v) is 19.2. The zero-order valence-electron chi connectivity index (χ0n) is 19.2. The van der Waals surface area contributed by atoms with Crippen LogP contribution in [0.2, 0.25) is 0 Å². The number of ether oxygens (including phenoxy) is 4. The van der Waals surface area contributed by atoms with Gasteiger partial charge in [0.05, 0.1) is 0 Å². The second-order valence-electron chi connectivity index (χ2n) is 7.98. The molecule has 2 atom stereocenters. The van der Waals surface area contributed by atoms with Gasteiger partial charge in [0.2, 0.25) is 5.72 Å². The fraction of sp³-hybridized carbons (Fsp3) is 0.286. The van der Waals surface area contributed by atoms with Crippen molar-refractivity contribution in [1.29, 1.82) is 0 Å². The van der Waals surface area contributed by atoms with Crippen molar-refractivity contribution in [3.05, 3.63) is 108 Å². The van der Waals surface area contributed by atoms with Crippen LogP contribution < -0.4 is 14.8 Å². The fourth-order valence-corrected chi connectivity index (χ4v) is 3.79. The molecule has 1 heterocycles. The number of benzene rings is 3. The van der Waals surface area contributed by atoms with Crippen LogP contribution in [0.1, 0.15) is 31.4 Å². The molecule has 1 N–H and O–H groups in total. The molecule has 0 amide bonds. The molecule has 0 aromatic heterocycles. The maximum atomic E-state index is 6.12. The molecule has 0 radical (unpaired) electrons. The number of para-hydroxylation sites is 1. The maximum absolute atomic E-state index is 6.12. The summed E-state index contributed by atoms with van der Waals surface area (Å²) in [4.78, 5) is 0. The van der Waals surface area contributed by atoms with E-state index in [1.165, 1.54) is 5.56 Å². The minimum absolute atomic E-state index is 0.277. The van der Waals surface area contributed by atoms with Gasteiger partial charge in [0.1, 0.15) is 17.3 Å². The number of nitrogens with one attached hydrogen (secondary N) is 1. The van der Waals surface area contributed by atoms with Gasteiger partial charge in [-0.25, -0.2) is 0 Å². The average Bonchev–Trinajstić information content (AvgIpc) is 3.25. The SMILES string of the molecule is CCOC(CCc1ccc(OC[C@@]2(c3ccccc3)NC=C(C)O2)cc1)Oc1ccccc1. The Hall–Kier alpha value is -3.44. The lowest BCUT2D eigenvalue weighted by atomic mass is 10.0. The van der Waals surface area contributed by atoms with Crippen LogP contribution in [0.4, 0.5) is 0 Å². The molecule has 5 heteroatoms. The van der Waals surface area contributed by atoms with Gasteiger partial charge in [-0.3, -0.25) is 0 Å². The number of rotatable bonds is 11. The molecular weight excluding hydrogens is 414 g/mol. The first-order chi connectivity index (χ1) is 16.2. The Morgan fingerprint density at radius 3 is 2.21 bits per heavy atom. The lowest BCUT2D eigenvalue weighted by molar-refractivity contribution is -0.0793. The first-order valence-corrected chi connectivity index (χ1v) is 11.4. The van der Waals surface area contributed by atoms with Gasteiger partial charge in [0, 0.05) is 24.8 Å². The molecule has 0 saturated heterocycles. The predicted molar refractivity (Wildman–Crippen MR) is 129 cm³/mol. The largest absolute Gasteiger partial charge is 0.487 e. The van der Waals surface area contributed by atoms with Gasteiger partial charge in [0.25, 0.3) is 0 Å². The van der Waals surface area contributed by atoms with E-state index in [9.17, 15) is 0 Å². The summed E-state index contributed by atoms with van der Waals surface area (Å²) in [5, 5.41) is 3.35. The molecule has 0 spiro atoms. The third-order valence-corrected chi connectivity index (χ3v) is 5.48. The summed E-state index contributed by atoms with van der Waals surface area (Å²) in [6.07, 6.45) is 3.22. The number of hydrogen-bond donors (Lipinski definition) is 1. The van der Waals surface area contributed by atoms with E-state index in [-0.39, 0.29) is 6.29 Å². The first kappa shape index (κ1) is 22.7. The van der Waals surface area contributed by atoms with E-state index >= 15 is 0 Å². The molecule has 1 unspecified atom stereocenters. The quantitative estimate of drug-likeness (QED) is 0.380. The summed E-state index contributed by atoms with van der Waals surface area (Å²) in [7, 11) is 0. The molecule has 0 aliphatic carbocycles. The number of aryl methyl sites for hydroxylation is 1. The normalized spacial score (nSPS) is 18.1. The molecule has 0 bridgehead atoms. The lowest BCUT2D eigenvalue weighted by Gasteiger charge is -2.30. The van der Waals surface area contributed by atoms with E-state index in [4.69, 9.17) is 18.9 Å². The van der Waals surface area contributed by atoms with Crippen LogP contribution in [-0.4, -0.2) is 19.5 Å². The highest BCUT2D eigenvalue weighted by Gasteiger charge is 2.38. The second kappa shape index (κ2) is 10.9. The Morgan fingerprint density at radius 1 is 0.879 bits per heavy atom. The second-order valence-corrected chi connectivity index (χ2v) is 7.98. The topological polar surface area (TPSA) is 49.0 Å². The Kier molecular flexibility index (Phi) is 7.53. The number of hydrogen-bond acceptors (Lipinski definition) is 5. The van der Waals surface area contributed by atoms with Crippen molar-refractivity contribution in [2.45, 2.75) is 38.7 Å². The van der Waals surface area contributed by atoms with E-state index < -0.39 is 5.72 Å². The van der Waals surface area contributed by atoms with E-state index in [2.05, 4.69) is 17.4 Å². The van der Waals surface area contributed by atoms with Crippen molar-refractivity contribution < 1.29 is 18.9 Å². The summed E-state index contributed by atoms with van der Waals surface area (Å²) >= 11 is 0. The summed E-state index contributed by atoms with van der Waals surface area (Å²) in [5.41, 5.74) is 1.51. The average molecular weight is 446 g/mol. The molecule has 1 aliphatic rings. The van der Waals surface area contributed by atoms with Crippen LogP contribution in [-0.2, 0) is 21.6 Å². The third-order valence-electron chi connectivity index (χ3n) is 5.48. The molecule has 172 valence electrons. The molecule has 1 aliphatic heterocycles. The summed E-state index contributed by atoms with van der Waals surface area (Å²) in [5.74, 6) is 2.45. The molecular formula is C28H31NO4. The molecule has 4 rings (SSSR count). The van der Waals surface area contributed by atoms with Gasteiger partial charge >= 0.3 is 0 Å². The summed E-state index contributed by atoms with van der Waals surface area (Å²) in [6, 6.07) is 28.0. The van der Waals surface area contributed by atoms with Gasteiger partial charge in [-0.2, -0.15) is 0 Å². The highest BCUT2D eigenvalue weighted by molar-refractivity contribution is 5.29. The standard InChI is InChI=1S/C28H31NO4/c1-3-30-27(32-26-12-8-5-9-13-26)19-16-23-14-17-25(18-15-23)31-21-28(29-20-22(2)33-28)24-10-6-4-7-11-24/h4-15,17-18,20,27,29H,3,16,19,21H2,1-2H3/t27?,28-/m1/s1. The van der Waals surface area contributed by atoms with Crippen LogP contribution in [0.3, 0.4) is 0 Å². The zero-order chi connectivity index (χ0) is 22.9. The maximum Gasteiger partial charge on any atom is 0.240 e. The Bertz CT molecular complexity index is 1020. The van der Waals surface area contributed by atoms with Gasteiger partial charge in [-0.1, -0.05) is 60.7 Å². The lowest BCUT2D eigenvalue weighted by Crippen LogP contribution is -2.43. The van der Waals surface area contributed by atoms with Gasteiger partial charge < -0.3 is 24.3 Å². The first-order valence-electron chi connectivity index (χ1n) is 11.4. The van der Waals surface area contributed by atoms with E-state index in [1.807, 2.05) is 92.8 Å². The highest BCUT2D eigenvalue weighted by Crippen LogP contribution is 2.31. The van der Waals surface area contributed by atoms with Crippen molar-refractivity contribution >= 4 is 0 Å². The molecule has 33 heavy (non-hydrogen) atoms. The molecule has 5 nitrogen and oxygen atoms in total. The smallest absolute Gasteiger partial charge is 0.240 e. The van der Waals surface area contributed by atoms with Crippen LogP contribution in [0, 0.1) is 0 Å². The molecule has 0 saturated carbocycles. The summed E-state index contributed by atoms with van der Waals surface area (Å²) in [6.45, 7) is 4.87. The van der Waals surface area contributed by atoms with Crippen molar-refractivity contribution in [3.63, 3.8) is 0 Å². The number of allylic oxidation sites excluding steroid dienone is 1. The van der Waals surface area contributed by atoms with Crippen LogP contribution in [0.15, 0.2) is 96.9 Å². The molecule has 0 fully saturated rings. The highest BCUT2D eigenvalue weighted by atomic mass is 16.7. The monoisotopic (exact) mass is 445 g/mol. The van der Waals surface area contributed by atoms with E-state index in [1.54, 1.807) is 0 Å². The van der Waals surface area contributed by atoms with Crippen molar-refractivity contribution in [2.24, 2.45) is 0 Å². The van der Waals surface area contributed by atoms with Crippen LogP contribution >= 0.6 is 0 Å². The summed E-state index contributed by atoms with van der Waals surface area (Å²) < 4.78 is 24.0. The van der Waals surface area contributed by atoms with Crippen molar-refractivity contribution in [2.75, 3.05) is 13.2 Å². The fourth-order valence-electron chi connectivity index (χ4n) is 3.79. The van der Waals surface area contributed by atoms with Crippen LogP contribution in [0.5, 0.6) is 11.5 Å². The van der Waals surface area contributed by atoms with Gasteiger partial charge in [-0.05, 0) is 50.1 Å². The Morgan fingerprint density at radius 2 is 1.58 bits per heavy atom. The predicted octanol–water partition coefficient (Wildman–Crippen LogP) is 5.77. The van der Waals surface area contributed by atoms with E-state index in [0.29, 0.717) is 13.2 Å². The van der Waals surface area contributed by atoms with Crippen molar-refractivity contribution in [1.82, 2.24) is 5.32 Å². The minimum atomic E-state index is -0.719. The van der Waals surface area contributed by atoms with Gasteiger partial charge in [-0.15, -0.1) is 0 Å². The van der Waals surface area contributed by atoms with Crippen LogP contribution in [0.25, 0.3) is 0 Å². The van der Waals surface area contributed by atoms with E-state index in [0.717, 1.165) is 35.7 Å².